The highest BCUT2D eigenvalue weighted by Gasteiger charge is 2.26. The van der Waals surface area contributed by atoms with E-state index in [0.29, 0.717) is 0 Å². The molecule has 0 saturated carbocycles. The third-order valence-electron chi connectivity index (χ3n) is 4.20. The molecule has 0 spiro atoms. The van der Waals surface area contributed by atoms with Crippen molar-refractivity contribution in [1.82, 2.24) is 10.2 Å². The SMILES string of the molecule is CC(C)CNCC1CCCCN1CC1CCOC1. The van der Waals surface area contributed by atoms with Crippen molar-refractivity contribution in [3.8, 4) is 0 Å². The molecular formula is C15H30N2O. The lowest BCUT2D eigenvalue weighted by Gasteiger charge is -2.37. The summed E-state index contributed by atoms with van der Waals surface area (Å²) in [6.07, 6.45) is 5.43. The fourth-order valence-corrected chi connectivity index (χ4v) is 3.13. The van der Waals surface area contributed by atoms with E-state index in [4.69, 9.17) is 4.74 Å². The fourth-order valence-electron chi connectivity index (χ4n) is 3.13. The molecule has 3 nitrogen and oxygen atoms in total. The molecule has 0 amide bonds. The standard InChI is InChI=1S/C15H30N2O/c1-13(2)9-16-10-15-5-3-4-7-17(15)11-14-6-8-18-12-14/h13-16H,3-12H2,1-2H3. The van der Waals surface area contributed by atoms with Crippen LogP contribution in [0, 0.1) is 11.8 Å². The first-order chi connectivity index (χ1) is 8.75. The quantitative estimate of drug-likeness (QED) is 0.786. The molecule has 2 atom stereocenters. The van der Waals surface area contributed by atoms with Crippen molar-refractivity contribution < 1.29 is 4.74 Å². The van der Waals surface area contributed by atoms with E-state index in [2.05, 4.69) is 24.1 Å². The van der Waals surface area contributed by atoms with Gasteiger partial charge in [0.15, 0.2) is 0 Å². The second kappa shape index (κ2) is 7.46. The van der Waals surface area contributed by atoms with E-state index >= 15 is 0 Å². The van der Waals surface area contributed by atoms with Gasteiger partial charge in [0, 0.05) is 25.7 Å². The van der Waals surface area contributed by atoms with E-state index in [0.717, 1.165) is 37.6 Å². The zero-order valence-corrected chi connectivity index (χ0v) is 12.2. The smallest absolute Gasteiger partial charge is 0.0507 e. The summed E-state index contributed by atoms with van der Waals surface area (Å²) in [5.41, 5.74) is 0. The molecule has 1 N–H and O–H groups in total. The molecule has 18 heavy (non-hydrogen) atoms. The summed E-state index contributed by atoms with van der Waals surface area (Å²) in [6.45, 7) is 11.4. The Balaban J connectivity index is 1.73. The summed E-state index contributed by atoms with van der Waals surface area (Å²) in [4.78, 5) is 2.72. The molecule has 0 radical (unpaired) electrons. The van der Waals surface area contributed by atoms with Crippen LogP contribution in [0.5, 0.6) is 0 Å². The Morgan fingerprint density at radius 1 is 1.28 bits per heavy atom. The van der Waals surface area contributed by atoms with E-state index in [1.807, 2.05) is 0 Å². The first kappa shape index (κ1) is 14.3. The van der Waals surface area contributed by atoms with Crippen LogP contribution >= 0.6 is 0 Å². The molecule has 3 heteroatoms. The molecule has 2 fully saturated rings. The Hall–Kier alpha value is -0.120. The molecule has 0 aliphatic carbocycles. The topological polar surface area (TPSA) is 24.5 Å². The maximum atomic E-state index is 5.50. The number of hydrogen-bond donors (Lipinski definition) is 1. The molecule has 2 heterocycles. The summed E-state index contributed by atoms with van der Waals surface area (Å²) >= 11 is 0. The number of hydrogen-bond acceptors (Lipinski definition) is 3. The minimum absolute atomic E-state index is 0.755. The van der Waals surface area contributed by atoms with E-state index in [-0.39, 0.29) is 0 Å². The summed E-state index contributed by atoms with van der Waals surface area (Å²) in [5.74, 6) is 1.54. The third kappa shape index (κ3) is 4.52. The van der Waals surface area contributed by atoms with Crippen LogP contribution in [0.2, 0.25) is 0 Å². The molecule has 2 saturated heterocycles. The molecule has 0 bridgehead atoms. The maximum Gasteiger partial charge on any atom is 0.0507 e. The zero-order valence-electron chi connectivity index (χ0n) is 12.2. The number of nitrogens with one attached hydrogen (secondary N) is 1. The van der Waals surface area contributed by atoms with Crippen LogP contribution in [-0.2, 0) is 4.74 Å². The summed E-state index contributed by atoms with van der Waals surface area (Å²) in [5, 5.41) is 3.64. The van der Waals surface area contributed by atoms with Gasteiger partial charge in [-0.05, 0) is 44.2 Å². The second-order valence-corrected chi connectivity index (χ2v) is 6.43. The number of ether oxygens (including phenoxy) is 1. The number of nitrogens with zero attached hydrogens (tertiary/aromatic N) is 1. The fraction of sp³-hybridized carbons (Fsp3) is 1.00. The first-order valence-corrected chi connectivity index (χ1v) is 7.78. The Morgan fingerprint density at radius 3 is 2.89 bits per heavy atom. The van der Waals surface area contributed by atoms with Gasteiger partial charge < -0.3 is 10.1 Å². The van der Waals surface area contributed by atoms with Gasteiger partial charge in [-0.25, -0.2) is 0 Å². The van der Waals surface area contributed by atoms with E-state index in [9.17, 15) is 0 Å². The van der Waals surface area contributed by atoms with Crippen molar-refractivity contribution in [1.29, 1.82) is 0 Å². The van der Waals surface area contributed by atoms with E-state index in [1.165, 1.54) is 45.3 Å². The van der Waals surface area contributed by atoms with Gasteiger partial charge in [-0.3, -0.25) is 4.90 Å². The molecule has 2 rings (SSSR count). The minimum Gasteiger partial charge on any atom is -0.381 e. The summed E-state index contributed by atoms with van der Waals surface area (Å²) in [7, 11) is 0. The van der Waals surface area contributed by atoms with Crippen LogP contribution in [0.4, 0.5) is 0 Å². The van der Waals surface area contributed by atoms with E-state index < -0.39 is 0 Å². The van der Waals surface area contributed by atoms with Crippen molar-refractivity contribution in [3.63, 3.8) is 0 Å². The number of piperidine rings is 1. The normalized spacial score (nSPS) is 30.2. The van der Waals surface area contributed by atoms with Crippen molar-refractivity contribution in [2.24, 2.45) is 11.8 Å². The lowest BCUT2D eigenvalue weighted by Crippen LogP contribution is -2.47. The van der Waals surface area contributed by atoms with Crippen LogP contribution in [-0.4, -0.2) is 50.3 Å². The van der Waals surface area contributed by atoms with Crippen LogP contribution in [0.3, 0.4) is 0 Å². The van der Waals surface area contributed by atoms with E-state index in [1.54, 1.807) is 0 Å². The van der Waals surface area contributed by atoms with Crippen LogP contribution in [0.25, 0.3) is 0 Å². The number of rotatable bonds is 6. The molecule has 0 aromatic heterocycles. The molecule has 2 unspecified atom stereocenters. The van der Waals surface area contributed by atoms with Crippen LogP contribution in [0.1, 0.15) is 39.5 Å². The van der Waals surface area contributed by atoms with Crippen molar-refractivity contribution in [2.75, 3.05) is 39.4 Å². The van der Waals surface area contributed by atoms with Gasteiger partial charge in [0.2, 0.25) is 0 Å². The highest BCUT2D eigenvalue weighted by molar-refractivity contribution is 4.81. The Labute approximate surface area is 112 Å². The second-order valence-electron chi connectivity index (χ2n) is 6.43. The van der Waals surface area contributed by atoms with Crippen LogP contribution < -0.4 is 5.32 Å². The van der Waals surface area contributed by atoms with Gasteiger partial charge >= 0.3 is 0 Å². The minimum atomic E-state index is 0.755. The number of likely N-dealkylation sites (tertiary alicyclic amines) is 1. The Bertz CT molecular complexity index is 227. The van der Waals surface area contributed by atoms with Gasteiger partial charge in [0.1, 0.15) is 0 Å². The molecule has 2 aliphatic rings. The third-order valence-corrected chi connectivity index (χ3v) is 4.20. The predicted molar refractivity (Wildman–Crippen MR) is 75.8 cm³/mol. The lowest BCUT2D eigenvalue weighted by atomic mass is 9.99. The Morgan fingerprint density at radius 2 is 2.17 bits per heavy atom. The van der Waals surface area contributed by atoms with Gasteiger partial charge in [-0.2, -0.15) is 0 Å². The molecule has 106 valence electrons. The largest absolute Gasteiger partial charge is 0.381 e. The predicted octanol–water partition coefficient (Wildman–Crippen LogP) is 2.12. The van der Waals surface area contributed by atoms with Crippen molar-refractivity contribution >= 4 is 0 Å². The lowest BCUT2D eigenvalue weighted by molar-refractivity contribution is 0.112. The van der Waals surface area contributed by atoms with Crippen LogP contribution in [0.15, 0.2) is 0 Å². The summed E-state index contributed by atoms with van der Waals surface area (Å²) in [6, 6.07) is 0.762. The highest BCUT2D eigenvalue weighted by atomic mass is 16.5. The summed E-state index contributed by atoms with van der Waals surface area (Å²) < 4.78 is 5.50. The zero-order chi connectivity index (χ0) is 12.8. The average Bonchev–Trinajstić information content (AvgIpc) is 2.84. The molecular weight excluding hydrogens is 224 g/mol. The monoisotopic (exact) mass is 254 g/mol. The van der Waals surface area contributed by atoms with Gasteiger partial charge in [-0.1, -0.05) is 20.3 Å². The highest BCUT2D eigenvalue weighted by Crippen LogP contribution is 2.21. The van der Waals surface area contributed by atoms with Gasteiger partial charge in [-0.15, -0.1) is 0 Å². The molecule has 0 aromatic rings. The Kier molecular flexibility index (Phi) is 5.93. The molecule has 2 aliphatic heterocycles. The van der Waals surface area contributed by atoms with Crippen molar-refractivity contribution in [2.45, 2.75) is 45.6 Å². The van der Waals surface area contributed by atoms with Gasteiger partial charge in [0.25, 0.3) is 0 Å². The average molecular weight is 254 g/mol. The maximum absolute atomic E-state index is 5.50. The van der Waals surface area contributed by atoms with Gasteiger partial charge in [0.05, 0.1) is 6.61 Å². The van der Waals surface area contributed by atoms with Crippen molar-refractivity contribution in [3.05, 3.63) is 0 Å². The molecule has 0 aromatic carbocycles. The first-order valence-electron chi connectivity index (χ1n) is 7.78.